The average molecular weight is 202 g/mol. The van der Waals surface area contributed by atoms with Gasteiger partial charge >= 0.3 is 0 Å². The Morgan fingerprint density at radius 1 is 1.50 bits per heavy atom. The number of hydrogen-bond acceptors (Lipinski definition) is 4. The van der Waals surface area contributed by atoms with Gasteiger partial charge in [-0.1, -0.05) is 0 Å². The van der Waals surface area contributed by atoms with Crippen LogP contribution in [0, 0.1) is 0 Å². The number of aliphatic hydroxyl groups excluding tert-OH is 1. The van der Waals surface area contributed by atoms with Crippen LogP contribution in [0.5, 0.6) is 0 Å². The van der Waals surface area contributed by atoms with Crippen molar-refractivity contribution in [3.63, 3.8) is 0 Å². The molecule has 4 heteroatoms. The number of hydrogen-bond donors (Lipinski definition) is 1. The highest BCUT2D eigenvalue weighted by molar-refractivity contribution is 4.97. The first-order valence-electron chi connectivity index (χ1n) is 5.20. The molecule has 1 spiro atoms. The van der Waals surface area contributed by atoms with Crippen molar-refractivity contribution in [2.45, 2.75) is 37.1 Å². The highest BCUT2D eigenvalue weighted by Crippen LogP contribution is 2.39. The molecule has 2 heterocycles. The van der Waals surface area contributed by atoms with Crippen molar-refractivity contribution in [1.82, 2.24) is 0 Å². The molecule has 3 unspecified atom stereocenters. The van der Waals surface area contributed by atoms with Gasteiger partial charge in [0, 0.05) is 20.1 Å². The molecular weight excluding hydrogens is 184 g/mol. The summed E-state index contributed by atoms with van der Waals surface area (Å²) in [5.74, 6) is 0. The SMILES string of the molecule is COC1COCCC12CCC(CO)O2. The molecule has 2 aliphatic heterocycles. The molecule has 0 amide bonds. The quantitative estimate of drug-likeness (QED) is 0.701. The average Bonchev–Trinajstić information content (AvgIpc) is 2.63. The molecule has 0 aromatic carbocycles. The molecule has 3 atom stereocenters. The van der Waals surface area contributed by atoms with Crippen LogP contribution in [0.15, 0.2) is 0 Å². The highest BCUT2D eigenvalue weighted by atomic mass is 16.6. The summed E-state index contributed by atoms with van der Waals surface area (Å²) < 4.78 is 16.6. The summed E-state index contributed by atoms with van der Waals surface area (Å²) in [4.78, 5) is 0. The molecule has 0 saturated carbocycles. The van der Waals surface area contributed by atoms with E-state index in [-0.39, 0.29) is 24.4 Å². The molecular formula is C10H18O4. The van der Waals surface area contributed by atoms with E-state index in [4.69, 9.17) is 19.3 Å². The zero-order valence-corrected chi connectivity index (χ0v) is 8.57. The van der Waals surface area contributed by atoms with Crippen LogP contribution in [0.1, 0.15) is 19.3 Å². The summed E-state index contributed by atoms with van der Waals surface area (Å²) in [6, 6.07) is 0. The molecule has 1 N–H and O–H groups in total. The summed E-state index contributed by atoms with van der Waals surface area (Å²) in [6.07, 6.45) is 2.79. The topological polar surface area (TPSA) is 47.9 Å². The Morgan fingerprint density at radius 3 is 3.00 bits per heavy atom. The first kappa shape index (κ1) is 10.4. The fraction of sp³-hybridized carbons (Fsp3) is 1.00. The maximum atomic E-state index is 9.04. The lowest BCUT2D eigenvalue weighted by Gasteiger charge is -2.39. The van der Waals surface area contributed by atoms with E-state index in [0.29, 0.717) is 6.61 Å². The number of methoxy groups -OCH3 is 1. The maximum absolute atomic E-state index is 9.04. The first-order chi connectivity index (χ1) is 6.80. The normalized spacial score (nSPS) is 43.3. The van der Waals surface area contributed by atoms with Gasteiger partial charge in [0.2, 0.25) is 0 Å². The molecule has 0 aromatic heterocycles. The van der Waals surface area contributed by atoms with Gasteiger partial charge in [-0.2, -0.15) is 0 Å². The predicted molar refractivity (Wildman–Crippen MR) is 50.2 cm³/mol. The van der Waals surface area contributed by atoms with Gasteiger partial charge in [0.1, 0.15) is 6.10 Å². The third-order valence-electron chi connectivity index (χ3n) is 3.30. The van der Waals surface area contributed by atoms with Crippen LogP contribution in [0.3, 0.4) is 0 Å². The Labute approximate surface area is 84.1 Å². The lowest BCUT2D eigenvalue weighted by molar-refractivity contribution is -0.188. The van der Waals surface area contributed by atoms with Crippen LogP contribution in [0.4, 0.5) is 0 Å². The third kappa shape index (κ3) is 1.67. The molecule has 4 nitrogen and oxygen atoms in total. The van der Waals surface area contributed by atoms with Crippen molar-refractivity contribution >= 4 is 0 Å². The van der Waals surface area contributed by atoms with Gasteiger partial charge in [0.25, 0.3) is 0 Å². The zero-order chi connectivity index (χ0) is 10.0. The van der Waals surface area contributed by atoms with Crippen molar-refractivity contribution in [3.8, 4) is 0 Å². The Hall–Kier alpha value is -0.160. The van der Waals surface area contributed by atoms with Crippen molar-refractivity contribution in [2.75, 3.05) is 26.9 Å². The monoisotopic (exact) mass is 202 g/mol. The van der Waals surface area contributed by atoms with Gasteiger partial charge in [-0.15, -0.1) is 0 Å². The van der Waals surface area contributed by atoms with Gasteiger partial charge in [-0.25, -0.2) is 0 Å². The summed E-state index contributed by atoms with van der Waals surface area (Å²) in [7, 11) is 1.69. The highest BCUT2D eigenvalue weighted by Gasteiger charge is 2.48. The summed E-state index contributed by atoms with van der Waals surface area (Å²) in [5.41, 5.74) is -0.194. The summed E-state index contributed by atoms with van der Waals surface area (Å²) in [5, 5.41) is 9.04. The smallest absolute Gasteiger partial charge is 0.109 e. The minimum absolute atomic E-state index is 0.00856. The zero-order valence-electron chi connectivity index (χ0n) is 8.57. The standard InChI is InChI=1S/C10H18O4/c1-12-9-7-13-5-4-10(9)3-2-8(6-11)14-10/h8-9,11H,2-7H2,1H3. The van der Waals surface area contributed by atoms with E-state index in [1.807, 2.05) is 0 Å². The fourth-order valence-electron chi connectivity index (χ4n) is 2.44. The lowest BCUT2D eigenvalue weighted by Crippen LogP contribution is -2.50. The predicted octanol–water partition coefficient (Wildman–Crippen LogP) is 0.332. The van der Waals surface area contributed by atoms with E-state index >= 15 is 0 Å². The van der Waals surface area contributed by atoms with Crippen molar-refractivity contribution < 1.29 is 19.3 Å². The molecule has 2 fully saturated rings. The molecule has 0 radical (unpaired) electrons. The van der Waals surface area contributed by atoms with Crippen LogP contribution in [-0.4, -0.2) is 49.8 Å². The van der Waals surface area contributed by atoms with Gasteiger partial charge in [-0.3, -0.25) is 0 Å². The van der Waals surface area contributed by atoms with Crippen molar-refractivity contribution in [1.29, 1.82) is 0 Å². The van der Waals surface area contributed by atoms with Crippen LogP contribution < -0.4 is 0 Å². The van der Waals surface area contributed by atoms with Crippen molar-refractivity contribution in [3.05, 3.63) is 0 Å². The second-order valence-corrected chi connectivity index (χ2v) is 4.08. The molecule has 0 bridgehead atoms. The Bertz CT molecular complexity index is 197. The van der Waals surface area contributed by atoms with E-state index in [1.54, 1.807) is 7.11 Å². The van der Waals surface area contributed by atoms with E-state index in [1.165, 1.54) is 0 Å². The maximum Gasteiger partial charge on any atom is 0.109 e. The number of aliphatic hydroxyl groups is 1. The third-order valence-corrected chi connectivity index (χ3v) is 3.30. The minimum Gasteiger partial charge on any atom is -0.394 e. The molecule has 0 aliphatic carbocycles. The van der Waals surface area contributed by atoms with E-state index < -0.39 is 0 Å². The molecule has 0 aromatic rings. The van der Waals surface area contributed by atoms with Crippen LogP contribution >= 0.6 is 0 Å². The van der Waals surface area contributed by atoms with Gasteiger partial charge in [-0.05, 0) is 12.8 Å². The van der Waals surface area contributed by atoms with Crippen LogP contribution in [0.2, 0.25) is 0 Å². The molecule has 2 aliphatic rings. The second kappa shape index (κ2) is 4.14. The second-order valence-electron chi connectivity index (χ2n) is 4.08. The Kier molecular flexibility index (Phi) is 3.07. The van der Waals surface area contributed by atoms with Gasteiger partial charge < -0.3 is 19.3 Å². The van der Waals surface area contributed by atoms with Gasteiger partial charge in [0.15, 0.2) is 0 Å². The summed E-state index contributed by atoms with van der Waals surface area (Å²) >= 11 is 0. The molecule has 82 valence electrons. The van der Waals surface area contributed by atoms with Gasteiger partial charge in [0.05, 0.1) is 24.9 Å². The molecule has 14 heavy (non-hydrogen) atoms. The van der Waals surface area contributed by atoms with Crippen LogP contribution in [-0.2, 0) is 14.2 Å². The Morgan fingerprint density at radius 2 is 2.36 bits per heavy atom. The largest absolute Gasteiger partial charge is 0.394 e. The van der Waals surface area contributed by atoms with E-state index in [2.05, 4.69) is 0 Å². The lowest BCUT2D eigenvalue weighted by atomic mass is 9.88. The van der Waals surface area contributed by atoms with E-state index in [9.17, 15) is 0 Å². The molecule has 2 saturated heterocycles. The molecule has 2 rings (SSSR count). The number of rotatable bonds is 2. The fourth-order valence-corrected chi connectivity index (χ4v) is 2.44. The summed E-state index contributed by atoms with van der Waals surface area (Å²) in [6.45, 7) is 1.45. The first-order valence-corrected chi connectivity index (χ1v) is 5.20. The minimum atomic E-state index is -0.194. The number of ether oxygens (including phenoxy) is 3. The van der Waals surface area contributed by atoms with Crippen molar-refractivity contribution in [2.24, 2.45) is 0 Å². The Balaban J connectivity index is 2.05. The van der Waals surface area contributed by atoms with E-state index in [0.717, 1.165) is 25.9 Å². The van der Waals surface area contributed by atoms with Crippen LogP contribution in [0.25, 0.3) is 0 Å².